The van der Waals surface area contributed by atoms with Gasteiger partial charge < -0.3 is 30.5 Å². The number of primary amides is 1. The predicted octanol–water partition coefficient (Wildman–Crippen LogP) is 0.307. The van der Waals surface area contributed by atoms with Crippen molar-refractivity contribution in [1.29, 1.82) is 0 Å². The molecule has 1 unspecified atom stereocenters. The van der Waals surface area contributed by atoms with E-state index >= 15 is 0 Å². The smallest absolute Gasteiger partial charge is 0.317 e. The summed E-state index contributed by atoms with van der Waals surface area (Å²) in [4.78, 5) is 24.8. The second-order valence-corrected chi connectivity index (χ2v) is 8.85. The quantitative estimate of drug-likeness (QED) is 0.556. The molecule has 4 N–H and O–H groups in total. The van der Waals surface area contributed by atoms with Crippen LogP contribution in [0.15, 0.2) is 53.4 Å². The summed E-state index contributed by atoms with van der Waals surface area (Å²) in [5, 5.41) is 13.2. The molecule has 0 bridgehead atoms. The highest BCUT2D eigenvalue weighted by molar-refractivity contribution is 7.89. The van der Waals surface area contributed by atoms with E-state index in [1.165, 1.54) is 31.3 Å². The molecule has 0 saturated carbocycles. The summed E-state index contributed by atoms with van der Waals surface area (Å²) in [7, 11) is -1.39. The summed E-state index contributed by atoms with van der Waals surface area (Å²) < 4.78 is 37.7. The lowest BCUT2D eigenvalue weighted by Gasteiger charge is -2.44. The zero-order valence-electron chi connectivity index (χ0n) is 17.5. The van der Waals surface area contributed by atoms with Crippen molar-refractivity contribution < 1.29 is 32.6 Å². The number of nitrogens with zero attached hydrogens (tertiary/aromatic N) is 2. The minimum absolute atomic E-state index is 0.0346. The molecule has 0 aliphatic carbocycles. The van der Waals surface area contributed by atoms with Crippen LogP contribution >= 0.6 is 0 Å². The summed E-state index contributed by atoms with van der Waals surface area (Å²) in [6.07, 6.45) is 0. The van der Waals surface area contributed by atoms with Crippen molar-refractivity contribution in [3.63, 3.8) is 0 Å². The molecule has 0 aromatic heterocycles. The van der Waals surface area contributed by atoms with Crippen LogP contribution in [-0.4, -0.2) is 74.2 Å². The molecule has 0 radical (unpaired) electrons. The van der Waals surface area contributed by atoms with Gasteiger partial charge in [-0.25, -0.2) is 13.2 Å². The molecule has 2 aromatic rings. The third kappa shape index (κ3) is 4.47. The maximum atomic E-state index is 13.2. The fourth-order valence-corrected chi connectivity index (χ4v) is 4.86. The molecular weight excluding hydrogens is 440 g/mol. The highest BCUT2D eigenvalue weighted by Crippen LogP contribution is 2.30. The number of methoxy groups -OCH3 is 1. The molecule has 1 aliphatic heterocycles. The number of nitrogens with two attached hydrogens (primary N) is 1. The number of carbonyl (C=O) groups is 2. The molecule has 2 aromatic carbocycles. The Hall–Kier alpha value is -3.35. The Morgan fingerprint density at radius 3 is 2.06 bits per heavy atom. The van der Waals surface area contributed by atoms with E-state index < -0.39 is 34.2 Å². The minimum Gasteiger partial charge on any atom is -0.497 e. The van der Waals surface area contributed by atoms with Gasteiger partial charge in [-0.2, -0.15) is 4.31 Å². The van der Waals surface area contributed by atoms with E-state index in [9.17, 15) is 23.1 Å². The Balaban J connectivity index is 1.83. The topological polar surface area (TPSA) is 152 Å². The van der Waals surface area contributed by atoms with Crippen molar-refractivity contribution >= 4 is 22.0 Å². The zero-order chi connectivity index (χ0) is 23.5. The molecule has 32 heavy (non-hydrogen) atoms. The van der Waals surface area contributed by atoms with E-state index in [2.05, 4.69) is 5.32 Å². The van der Waals surface area contributed by atoms with Crippen LogP contribution in [0.5, 0.6) is 17.2 Å². The summed E-state index contributed by atoms with van der Waals surface area (Å²) in [5.41, 5.74) is 2.72. The van der Waals surface area contributed by atoms with Crippen LogP contribution in [0.4, 0.5) is 4.79 Å². The van der Waals surface area contributed by atoms with Gasteiger partial charge in [0.25, 0.3) is 5.91 Å². The molecule has 11 nitrogen and oxygen atoms in total. The number of sulfonamides is 1. The number of rotatable bonds is 6. The number of hydrogen-bond donors (Lipinski definition) is 3. The number of ether oxygens (including phenoxy) is 2. The monoisotopic (exact) mass is 464 g/mol. The molecule has 1 saturated heterocycles. The molecule has 1 fully saturated rings. The van der Waals surface area contributed by atoms with Gasteiger partial charge >= 0.3 is 6.03 Å². The van der Waals surface area contributed by atoms with Crippen LogP contribution in [0.25, 0.3) is 0 Å². The molecule has 0 spiro atoms. The van der Waals surface area contributed by atoms with Crippen molar-refractivity contribution in [3.8, 4) is 17.2 Å². The number of nitrogens with one attached hydrogen (secondary N) is 1. The Morgan fingerprint density at radius 1 is 1.03 bits per heavy atom. The third-order valence-electron chi connectivity index (χ3n) is 5.00. The van der Waals surface area contributed by atoms with Crippen molar-refractivity contribution in [1.82, 2.24) is 14.5 Å². The first-order valence-electron chi connectivity index (χ1n) is 9.55. The van der Waals surface area contributed by atoms with Gasteiger partial charge in [-0.1, -0.05) is 0 Å². The van der Waals surface area contributed by atoms with Crippen LogP contribution in [0.1, 0.15) is 0 Å². The number of amides is 3. The number of hydrogen-bond acceptors (Lipinski definition) is 7. The lowest BCUT2D eigenvalue weighted by Crippen LogP contribution is -2.70. The van der Waals surface area contributed by atoms with E-state index in [-0.39, 0.29) is 18.0 Å². The van der Waals surface area contributed by atoms with Gasteiger partial charge in [0.15, 0.2) is 0 Å². The molecule has 1 heterocycles. The average molecular weight is 465 g/mol. The maximum Gasteiger partial charge on any atom is 0.317 e. The molecule has 3 rings (SSSR count). The van der Waals surface area contributed by atoms with E-state index in [0.29, 0.717) is 21.6 Å². The first-order chi connectivity index (χ1) is 15.1. The molecule has 12 heteroatoms. The number of carbonyl (C=O) groups excluding carboxylic acids is 2. The van der Waals surface area contributed by atoms with Crippen LogP contribution < -0.4 is 20.5 Å². The standard InChI is InChI=1S/C20H24N4O7S/c1-22-19(26)23-11-12-24(20(27,13-23)18(21)25)32(28,29)17-9-7-16(8-10-17)31-15-5-3-14(30-2)4-6-15/h3-10,27H,11-13H2,1-2H3,(H2,21,25)(H,22,26). The van der Waals surface area contributed by atoms with Gasteiger partial charge in [0, 0.05) is 20.1 Å². The Kier molecular flexibility index (Phi) is 6.57. The third-order valence-corrected chi connectivity index (χ3v) is 6.93. The summed E-state index contributed by atoms with van der Waals surface area (Å²) in [6.45, 7) is -0.952. The van der Waals surface area contributed by atoms with E-state index in [0.717, 1.165) is 4.90 Å². The highest BCUT2D eigenvalue weighted by Gasteiger charge is 2.52. The Morgan fingerprint density at radius 2 is 1.56 bits per heavy atom. The van der Waals surface area contributed by atoms with Crippen LogP contribution in [0.3, 0.4) is 0 Å². The van der Waals surface area contributed by atoms with Crippen molar-refractivity contribution in [3.05, 3.63) is 48.5 Å². The first-order valence-corrected chi connectivity index (χ1v) is 11.0. The highest BCUT2D eigenvalue weighted by atomic mass is 32.2. The molecule has 3 amide bonds. The van der Waals surface area contributed by atoms with Crippen LogP contribution in [0, 0.1) is 0 Å². The summed E-state index contributed by atoms with van der Waals surface area (Å²) in [6, 6.07) is 11.7. The van der Waals surface area contributed by atoms with Gasteiger partial charge in [0.05, 0.1) is 18.6 Å². The molecule has 1 atom stereocenters. The molecule has 172 valence electrons. The number of urea groups is 1. The number of β-amino-alcohol motifs (C(OH)–C–C–N with tert-alkyl or cyclic N) is 1. The lowest BCUT2D eigenvalue weighted by molar-refractivity contribution is -0.157. The normalized spacial score (nSPS) is 19.3. The molecular formula is C20H24N4O7S. The second kappa shape index (κ2) is 9.02. The van der Waals surface area contributed by atoms with Gasteiger partial charge in [0.1, 0.15) is 17.2 Å². The Labute approximate surface area is 185 Å². The fraction of sp³-hybridized carbons (Fsp3) is 0.300. The number of aliphatic hydroxyl groups is 1. The predicted molar refractivity (Wildman–Crippen MR) is 114 cm³/mol. The zero-order valence-corrected chi connectivity index (χ0v) is 18.3. The summed E-state index contributed by atoms with van der Waals surface area (Å²) in [5.74, 6) is 0.282. The van der Waals surface area contributed by atoms with Gasteiger partial charge in [-0.15, -0.1) is 0 Å². The van der Waals surface area contributed by atoms with E-state index in [4.69, 9.17) is 15.2 Å². The van der Waals surface area contributed by atoms with Crippen molar-refractivity contribution in [2.45, 2.75) is 10.6 Å². The van der Waals surface area contributed by atoms with Gasteiger partial charge in [-0.05, 0) is 48.5 Å². The van der Waals surface area contributed by atoms with Crippen molar-refractivity contribution in [2.24, 2.45) is 5.73 Å². The number of benzene rings is 2. The van der Waals surface area contributed by atoms with E-state index in [1.807, 2.05) is 0 Å². The summed E-state index contributed by atoms with van der Waals surface area (Å²) >= 11 is 0. The van der Waals surface area contributed by atoms with Crippen LogP contribution in [0.2, 0.25) is 0 Å². The van der Waals surface area contributed by atoms with Gasteiger partial charge in [-0.3, -0.25) is 4.79 Å². The van der Waals surface area contributed by atoms with Gasteiger partial charge in [0.2, 0.25) is 15.7 Å². The largest absolute Gasteiger partial charge is 0.497 e. The second-order valence-electron chi connectivity index (χ2n) is 6.98. The fourth-order valence-electron chi connectivity index (χ4n) is 3.26. The molecule has 1 aliphatic rings. The minimum atomic E-state index is -4.32. The first kappa shape index (κ1) is 23.3. The van der Waals surface area contributed by atoms with Crippen LogP contribution in [-0.2, 0) is 14.8 Å². The lowest BCUT2D eigenvalue weighted by atomic mass is 10.1. The maximum absolute atomic E-state index is 13.2. The average Bonchev–Trinajstić information content (AvgIpc) is 2.79. The number of piperazine rings is 1. The van der Waals surface area contributed by atoms with Crippen molar-refractivity contribution in [2.75, 3.05) is 33.8 Å². The van der Waals surface area contributed by atoms with E-state index in [1.54, 1.807) is 31.4 Å². The SMILES string of the molecule is CNC(=O)N1CCN(S(=O)(=O)c2ccc(Oc3ccc(OC)cc3)cc2)C(O)(C(N)=O)C1. The Bertz CT molecular complexity index is 1090.